The maximum absolute atomic E-state index is 12.9. The molecule has 1 saturated carbocycles. The van der Waals surface area contributed by atoms with Gasteiger partial charge in [-0.05, 0) is 49.9 Å². The summed E-state index contributed by atoms with van der Waals surface area (Å²) >= 11 is 0. The lowest BCUT2D eigenvalue weighted by Crippen LogP contribution is -2.33. The topological polar surface area (TPSA) is 93.7 Å². The van der Waals surface area contributed by atoms with Crippen LogP contribution in [-0.2, 0) is 14.8 Å². The van der Waals surface area contributed by atoms with Gasteiger partial charge in [-0.3, -0.25) is 4.79 Å². The monoisotopic (exact) mass is 460 g/mol. The van der Waals surface area contributed by atoms with Crippen molar-refractivity contribution in [2.45, 2.75) is 56.1 Å². The minimum Gasteiger partial charge on any atom is -0.495 e. The molecule has 7 nitrogen and oxygen atoms in total. The maximum atomic E-state index is 12.9. The SMILES string of the molecule is COc1ccc(C(=O)NCCCOC(C)c2ccccc2)cc1S(=O)(=O)NC1CCCC1. The molecule has 1 atom stereocenters. The number of amides is 1. The number of carbonyl (C=O) groups is 1. The van der Waals surface area contributed by atoms with Gasteiger partial charge >= 0.3 is 0 Å². The first-order valence-electron chi connectivity index (χ1n) is 11.1. The number of carbonyl (C=O) groups excluding carboxylic acids is 1. The zero-order valence-corrected chi connectivity index (χ0v) is 19.5. The minimum atomic E-state index is -3.78. The summed E-state index contributed by atoms with van der Waals surface area (Å²) in [6, 6.07) is 14.3. The van der Waals surface area contributed by atoms with E-state index in [-0.39, 0.29) is 34.3 Å². The van der Waals surface area contributed by atoms with Gasteiger partial charge in [0.05, 0.1) is 13.2 Å². The molecule has 2 aromatic carbocycles. The Kier molecular flexibility index (Phi) is 8.67. The van der Waals surface area contributed by atoms with Crippen LogP contribution in [0.2, 0.25) is 0 Å². The third-order valence-corrected chi connectivity index (χ3v) is 7.18. The maximum Gasteiger partial charge on any atom is 0.251 e. The Morgan fingerprint density at radius 3 is 2.53 bits per heavy atom. The van der Waals surface area contributed by atoms with Crippen molar-refractivity contribution in [1.29, 1.82) is 0 Å². The summed E-state index contributed by atoms with van der Waals surface area (Å²) in [5.41, 5.74) is 1.38. The molecule has 2 N–H and O–H groups in total. The van der Waals surface area contributed by atoms with E-state index in [1.807, 2.05) is 37.3 Å². The lowest BCUT2D eigenvalue weighted by molar-refractivity contribution is 0.0635. The second kappa shape index (κ2) is 11.4. The van der Waals surface area contributed by atoms with Gasteiger partial charge in [-0.1, -0.05) is 43.2 Å². The zero-order valence-electron chi connectivity index (χ0n) is 18.7. The molecule has 0 bridgehead atoms. The van der Waals surface area contributed by atoms with E-state index in [1.165, 1.54) is 19.2 Å². The van der Waals surface area contributed by atoms with Crippen molar-refractivity contribution in [2.75, 3.05) is 20.3 Å². The van der Waals surface area contributed by atoms with E-state index in [0.29, 0.717) is 19.6 Å². The molecule has 0 aliphatic heterocycles. The molecule has 2 aromatic rings. The largest absolute Gasteiger partial charge is 0.495 e. The summed E-state index contributed by atoms with van der Waals surface area (Å²) < 4.78 is 39.6. The van der Waals surface area contributed by atoms with Gasteiger partial charge < -0.3 is 14.8 Å². The summed E-state index contributed by atoms with van der Waals surface area (Å²) in [4.78, 5) is 12.6. The average Bonchev–Trinajstić information content (AvgIpc) is 3.31. The highest BCUT2D eigenvalue weighted by molar-refractivity contribution is 7.89. The number of hydrogen-bond acceptors (Lipinski definition) is 5. The first kappa shape index (κ1) is 24.2. The van der Waals surface area contributed by atoms with Crippen LogP contribution in [0.3, 0.4) is 0 Å². The predicted molar refractivity (Wildman–Crippen MR) is 123 cm³/mol. The molecule has 1 unspecified atom stereocenters. The molecule has 1 aliphatic rings. The van der Waals surface area contributed by atoms with Gasteiger partial charge in [0.15, 0.2) is 0 Å². The number of nitrogens with one attached hydrogen (secondary N) is 2. The van der Waals surface area contributed by atoms with Crippen molar-refractivity contribution in [1.82, 2.24) is 10.0 Å². The third-order valence-electron chi connectivity index (χ3n) is 5.64. The molecule has 3 rings (SSSR count). The fourth-order valence-electron chi connectivity index (χ4n) is 3.81. The quantitative estimate of drug-likeness (QED) is 0.497. The molecule has 0 saturated heterocycles. The van der Waals surface area contributed by atoms with Gasteiger partial charge in [-0.25, -0.2) is 13.1 Å². The molecule has 1 aliphatic carbocycles. The molecular weight excluding hydrogens is 428 g/mol. The van der Waals surface area contributed by atoms with Gasteiger partial charge in [-0.2, -0.15) is 0 Å². The Morgan fingerprint density at radius 2 is 1.84 bits per heavy atom. The Bertz CT molecular complexity index is 989. The highest BCUT2D eigenvalue weighted by Crippen LogP contribution is 2.27. The van der Waals surface area contributed by atoms with Crippen LogP contribution in [0.25, 0.3) is 0 Å². The molecule has 0 radical (unpaired) electrons. The van der Waals surface area contributed by atoms with Gasteiger partial charge in [0.1, 0.15) is 10.6 Å². The van der Waals surface area contributed by atoms with Crippen LogP contribution < -0.4 is 14.8 Å². The van der Waals surface area contributed by atoms with Crippen molar-refractivity contribution < 1.29 is 22.7 Å². The highest BCUT2D eigenvalue weighted by Gasteiger charge is 2.26. The van der Waals surface area contributed by atoms with Gasteiger partial charge in [0, 0.05) is 24.8 Å². The Labute approximate surface area is 190 Å². The minimum absolute atomic E-state index is 0.0143. The standard InChI is InChI=1S/C24H32N2O5S/c1-18(19-9-4-3-5-10-19)31-16-8-15-25-24(27)20-13-14-22(30-2)23(17-20)32(28,29)26-21-11-6-7-12-21/h3-5,9-10,13-14,17-18,21,26H,6-8,11-12,15-16H2,1-2H3,(H,25,27). The zero-order chi connectivity index (χ0) is 23.0. The van der Waals surface area contributed by atoms with Crippen LogP contribution >= 0.6 is 0 Å². The molecule has 1 amide bonds. The van der Waals surface area contributed by atoms with Crippen molar-refractivity contribution in [3.8, 4) is 5.75 Å². The second-order valence-electron chi connectivity index (χ2n) is 8.00. The molecule has 1 fully saturated rings. The number of sulfonamides is 1. The molecule has 0 aromatic heterocycles. The number of benzene rings is 2. The van der Waals surface area contributed by atoms with E-state index >= 15 is 0 Å². The highest BCUT2D eigenvalue weighted by atomic mass is 32.2. The number of ether oxygens (including phenoxy) is 2. The first-order chi connectivity index (χ1) is 15.4. The van der Waals surface area contributed by atoms with E-state index in [2.05, 4.69) is 10.0 Å². The molecular formula is C24H32N2O5S. The summed E-state index contributed by atoms with van der Waals surface area (Å²) in [6.07, 6.45) is 4.31. The first-order valence-corrected chi connectivity index (χ1v) is 12.5. The van der Waals surface area contributed by atoms with Gasteiger partial charge in [-0.15, -0.1) is 0 Å². The molecule has 174 valence electrons. The van der Waals surface area contributed by atoms with E-state index in [9.17, 15) is 13.2 Å². The van der Waals surface area contributed by atoms with E-state index < -0.39 is 10.0 Å². The van der Waals surface area contributed by atoms with E-state index in [4.69, 9.17) is 9.47 Å². The smallest absolute Gasteiger partial charge is 0.251 e. The summed E-state index contributed by atoms with van der Waals surface area (Å²) in [5, 5.41) is 2.83. The molecule has 8 heteroatoms. The average molecular weight is 461 g/mol. The lowest BCUT2D eigenvalue weighted by atomic mass is 10.1. The van der Waals surface area contributed by atoms with Crippen LogP contribution in [0.5, 0.6) is 5.75 Å². The Balaban J connectivity index is 1.54. The van der Waals surface area contributed by atoms with Crippen molar-refractivity contribution in [3.05, 3.63) is 59.7 Å². The lowest BCUT2D eigenvalue weighted by Gasteiger charge is -2.16. The fourth-order valence-corrected chi connectivity index (χ4v) is 5.31. The number of hydrogen-bond donors (Lipinski definition) is 2. The summed E-state index contributed by atoms with van der Waals surface area (Å²) in [5.74, 6) is -0.114. The predicted octanol–water partition coefficient (Wildman–Crippen LogP) is 3.81. The molecule has 0 spiro atoms. The van der Waals surface area contributed by atoms with Crippen molar-refractivity contribution in [3.63, 3.8) is 0 Å². The summed E-state index contributed by atoms with van der Waals surface area (Å²) in [7, 11) is -2.37. The van der Waals surface area contributed by atoms with Crippen LogP contribution in [0.1, 0.15) is 61.1 Å². The van der Waals surface area contributed by atoms with E-state index in [0.717, 1.165) is 31.2 Å². The normalized spacial score (nSPS) is 15.4. The van der Waals surface area contributed by atoms with Crippen LogP contribution in [0.15, 0.2) is 53.4 Å². The van der Waals surface area contributed by atoms with Crippen molar-refractivity contribution in [2.24, 2.45) is 0 Å². The second-order valence-corrected chi connectivity index (χ2v) is 9.68. The van der Waals surface area contributed by atoms with Crippen LogP contribution in [0.4, 0.5) is 0 Å². The third kappa shape index (κ3) is 6.54. The number of methoxy groups -OCH3 is 1. The van der Waals surface area contributed by atoms with Crippen LogP contribution in [-0.4, -0.2) is 40.6 Å². The Hall–Kier alpha value is -2.42. The Morgan fingerprint density at radius 1 is 1.12 bits per heavy atom. The van der Waals surface area contributed by atoms with Gasteiger partial charge in [0.2, 0.25) is 10.0 Å². The van der Waals surface area contributed by atoms with E-state index in [1.54, 1.807) is 6.07 Å². The fraction of sp³-hybridized carbons (Fsp3) is 0.458. The van der Waals surface area contributed by atoms with Gasteiger partial charge in [0.25, 0.3) is 5.91 Å². The molecule has 32 heavy (non-hydrogen) atoms. The van der Waals surface area contributed by atoms with Crippen molar-refractivity contribution >= 4 is 15.9 Å². The summed E-state index contributed by atoms with van der Waals surface area (Å²) in [6.45, 7) is 2.92. The molecule has 0 heterocycles. The van der Waals surface area contributed by atoms with Crippen LogP contribution in [0, 0.1) is 0 Å². The number of rotatable bonds is 11.